The summed E-state index contributed by atoms with van der Waals surface area (Å²) in [6, 6.07) is 0. The fourth-order valence-corrected chi connectivity index (χ4v) is 2.65. The van der Waals surface area contributed by atoms with Crippen LogP contribution in [0.4, 0.5) is 10.6 Å². The van der Waals surface area contributed by atoms with Gasteiger partial charge in [-0.25, -0.2) is 9.97 Å². The summed E-state index contributed by atoms with van der Waals surface area (Å²) in [5.74, 6) is 0.940. The lowest BCUT2D eigenvalue weighted by molar-refractivity contribution is 0.220. The Morgan fingerprint density at radius 2 is 2.05 bits per heavy atom. The van der Waals surface area contributed by atoms with E-state index in [0.29, 0.717) is 13.1 Å². The van der Waals surface area contributed by atoms with Gasteiger partial charge in [0.2, 0.25) is 0 Å². The van der Waals surface area contributed by atoms with Crippen molar-refractivity contribution in [2.75, 3.05) is 31.1 Å². The Hall–Kier alpha value is -1.76. The molecule has 2 aromatic rings. The van der Waals surface area contributed by atoms with Crippen molar-refractivity contribution in [1.82, 2.24) is 19.9 Å². The molecule has 0 spiro atoms. The Bertz CT molecular complexity index is 618. The number of piperazine rings is 1. The fraction of sp³-hybridized carbons (Fsp3) is 0.417. The van der Waals surface area contributed by atoms with Crippen molar-refractivity contribution in [1.29, 1.82) is 0 Å². The van der Waals surface area contributed by atoms with Gasteiger partial charge in [-0.05, 0) is 12.5 Å². The summed E-state index contributed by atoms with van der Waals surface area (Å²) in [7, 11) is 0. The number of nitrogens with one attached hydrogen (secondary N) is 1. The molecular formula is C12H15N5OS. The summed E-state index contributed by atoms with van der Waals surface area (Å²) in [6.45, 7) is 4.93. The first-order chi connectivity index (χ1) is 9.16. The van der Waals surface area contributed by atoms with Crippen LogP contribution in [0.5, 0.6) is 0 Å². The van der Waals surface area contributed by atoms with Crippen molar-refractivity contribution in [2.24, 2.45) is 0 Å². The van der Waals surface area contributed by atoms with Crippen LogP contribution in [0.3, 0.4) is 0 Å². The maximum atomic E-state index is 11.2. The van der Waals surface area contributed by atoms with Gasteiger partial charge >= 0.3 is 0 Å². The first-order valence-electron chi connectivity index (χ1n) is 6.18. The smallest absolute Gasteiger partial charge is 0.278 e. The van der Waals surface area contributed by atoms with Crippen LogP contribution >= 0.6 is 12.6 Å². The monoisotopic (exact) mass is 277 g/mol. The van der Waals surface area contributed by atoms with Crippen LogP contribution in [0, 0.1) is 6.92 Å². The summed E-state index contributed by atoms with van der Waals surface area (Å²) < 4.78 is 0. The van der Waals surface area contributed by atoms with E-state index in [9.17, 15) is 4.79 Å². The lowest BCUT2D eigenvalue weighted by Crippen LogP contribution is -2.47. The van der Waals surface area contributed by atoms with Crippen LogP contribution in [-0.2, 0) is 0 Å². The number of anilines is 1. The second-order valence-electron chi connectivity index (χ2n) is 4.65. The van der Waals surface area contributed by atoms with Crippen molar-refractivity contribution in [2.45, 2.75) is 6.92 Å². The molecule has 7 heteroatoms. The molecule has 1 N–H and O–H groups in total. The standard InChI is InChI=1S/C12H15N5OS/c1-8-6-13-10-9(8)11(15-7-14-10)16-2-4-17(5-3-16)12(18)19/h6-7H,2-5H2,1H3,(H,18,19)(H,13,14,15). The molecule has 0 aliphatic carbocycles. The average molecular weight is 277 g/mol. The van der Waals surface area contributed by atoms with Gasteiger partial charge in [-0.1, -0.05) is 12.6 Å². The van der Waals surface area contributed by atoms with E-state index in [0.717, 1.165) is 35.5 Å². The number of hydrogen-bond donors (Lipinski definition) is 2. The zero-order chi connectivity index (χ0) is 13.4. The first kappa shape index (κ1) is 12.3. The number of H-pyrrole nitrogens is 1. The summed E-state index contributed by atoms with van der Waals surface area (Å²) in [5.41, 5.74) is 1.99. The number of rotatable bonds is 1. The minimum absolute atomic E-state index is 0.162. The molecule has 6 nitrogen and oxygen atoms in total. The molecule has 2 aromatic heterocycles. The number of thiol groups is 1. The van der Waals surface area contributed by atoms with Gasteiger partial charge in [0.25, 0.3) is 5.24 Å². The van der Waals surface area contributed by atoms with E-state index >= 15 is 0 Å². The van der Waals surface area contributed by atoms with Crippen molar-refractivity contribution in [3.05, 3.63) is 18.1 Å². The number of aromatic nitrogens is 3. The quantitative estimate of drug-likeness (QED) is 0.774. The molecule has 1 amide bonds. The topological polar surface area (TPSA) is 65.1 Å². The molecule has 1 aliphatic heterocycles. The van der Waals surface area contributed by atoms with Gasteiger partial charge in [-0.3, -0.25) is 4.79 Å². The van der Waals surface area contributed by atoms with Gasteiger partial charge < -0.3 is 14.8 Å². The lowest BCUT2D eigenvalue weighted by atomic mass is 10.2. The number of carbonyl (C=O) groups is 1. The number of hydrogen-bond acceptors (Lipinski definition) is 4. The summed E-state index contributed by atoms with van der Waals surface area (Å²) in [5, 5.41) is 0.901. The highest BCUT2D eigenvalue weighted by atomic mass is 32.1. The van der Waals surface area contributed by atoms with Crippen LogP contribution in [0.2, 0.25) is 0 Å². The molecule has 1 fully saturated rings. The number of amides is 1. The number of aryl methyl sites for hydroxylation is 1. The van der Waals surface area contributed by atoms with E-state index < -0.39 is 0 Å². The van der Waals surface area contributed by atoms with Gasteiger partial charge in [-0.2, -0.15) is 0 Å². The van der Waals surface area contributed by atoms with Gasteiger partial charge in [0.05, 0.1) is 5.39 Å². The number of carbonyl (C=O) groups excluding carboxylic acids is 1. The molecular weight excluding hydrogens is 262 g/mol. The highest BCUT2D eigenvalue weighted by molar-refractivity contribution is 7.96. The van der Waals surface area contributed by atoms with E-state index in [1.54, 1.807) is 11.2 Å². The molecule has 0 atom stereocenters. The van der Waals surface area contributed by atoms with Crippen molar-refractivity contribution in [3.63, 3.8) is 0 Å². The second kappa shape index (κ2) is 4.73. The molecule has 0 aromatic carbocycles. The Morgan fingerprint density at radius 3 is 2.74 bits per heavy atom. The SMILES string of the molecule is Cc1c[nH]c2ncnc(N3CCN(C(=O)S)CC3)c12. The number of nitrogens with zero attached hydrogens (tertiary/aromatic N) is 4. The van der Waals surface area contributed by atoms with Crippen molar-refractivity contribution in [3.8, 4) is 0 Å². The normalized spacial score (nSPS) is 16.1. The zero-order valence-corrected chi connectivity index (χ0v) is 11.5. The molecule has 0 radical (unpaired) electrons. The van der Waals surface area contributed by atoms with E-state index in [2.05, 4.69) is 32.5 Å². The van der Waals surface area contributed by atoms with Gasteiger partial charge in [-0.15, -0.1) is 0 Å². The Balaban J connectivity index is 1.90. The Labute approximate surface area is 116 Å². The number of fused-ring (bicyclic) bond motifs is 1. The predicted molar refractivity (Wildman–Crippen MR) is 76.8 cm³/mol. The minimum atomic E-state index is -0.162. The number of aromatic amines is 1. The molecule has 100 valence electrons. The summed E-state index contributed by atoms with van der Waals surface area (Å²) >= 11 is 3.86. The maximum Gasteiger partial charge on any atom is 0.278 e. The lowest BCUT2D eigenvalue weighted by Gasteiger charge is -2.34. The van der Waals surface area contributed by atoms with Gasteiger partial charge in [0, 0.05) is 32.4 Å². The van der Waals surface area contributed by atoms with Gasteiger partial charge in [0.15, 0.2) is 0 Å². The third kappa shape index (κ3) is 2.14. The van der Waals surface area contributed by atoms with E-state index in [1.165, 1.54) is 0 Å². The van der Waals surface area contributed by atoms with Crippen LogP contribution in [-0.4, -0.2) is 51.3 Å². The minimum Gasteiger partial charge on any atom is -0.352 e. The third-order valence-corrected chi connectivity index (χ3v) is 3.78. The Kier molecular flexibility index (Phi) is 3.06. The highest BCUT2D eigenvalue weighted by Crippen LogP contribution is 2.26. The van der Waals surface area contributed by atoms with Crippen LogP contribution in [0.1, 0.15) is 5.56 Å². The molecule has 0 saturated carbocycles. The molecule has 1 aliphatic rings. The van der Waals surface area contributed by atoms with Crippen molar-refractivity contribution >= 4 is 34.7 Å². The zero-order valence-electron chi connectivity index (χ0n) is 10.6. The molecule has 0 bridgehead atoms. The summed E-state index contributed by atoms with van der Waals surface area (Å²) in [6.07, 6.45) is 3.51. The molecule has 0 unspecified atom stereocenters. The van der Waals surface area contributed by atoms with Crippen LogP contribution < -0.4 is 4.90 Å². The molecule has 3 heterocycles. The van der Waals surface area contributed by atoms with Crippen LogP contribution in [0.15, 0.2) is 12.5 Å². The maximum absolute atomic E-state index is 11.2. The van der Waals surface area contributed by atoms with Gasteiger partial charge in [0.1, 0.15) is 17.8 Å². The predicted octanol–water partition coefficient (Wildman–Crippen LogP) is 1.44. The highest BCUT2D eigenvalue weighted by Gasteiger charge is 2.22. The largest absolute Gasteiger partial charge is 0.352 e. The fourth-order valence-electron chi connectivity index (χ4n) is 2.45. The average Bonchev–Trinajstić information content (AvgIpc) is 2.81. The molecule has 19 heavy (non-hydrogen) atoms. The Morgan fingerprint density at radius 1 is 1.32 bits per heavy atom. The second-order valence-corrected chi connectivity index (χ2v) is 5.03. The van der Waals surface area contributed by atoms with E-state index in [-0.39, 0.29) is 5.24 Å². The summed E-state index contributed by atoms with van der Waals surface area (Å²) in [4.78, 5) is 26.9. The third-order valence-electron chi connectivity index (χ3n) is 3.50. The molecule has 3 rings (SSSR count). The van der Waals surface area contributed by atoms with Crippen molar-refractivity contribution < 1.29 is 4.79 Å². The van der Waals surface area contributed by atoms with E-state index in [4.69, 9.17) is 0 Å². The first-order valence-corrected chi connectivity index (χ1v) is 6.63. The van der Waals surface area contributed by atoms with E-state index in [1.807, 2.05) is 13.1 Å². The van der Waals surface area contributed by atoms with Crippen LogP contribution in [0.25, 0.3) is 11.0 Å². The molecule has 1 saturated heterocycles.